The number of esters is 2. The molecule has 8 aliphatic rings. The highest BCUT2D eigenvalue weighted by Gasteiger charge is 2.70. The minimum atomic E-state index is -0.682. The van der Waals surface area contributed by atoms with Crippen molar-refractivity contribution >= 4 is 64.5 Å². The number of hydrogen-bond acceptors (Lipinski definition) is 14. The highest BCUT2D eigenvalue weighted by molar-refractivity contribution is 8.00. The molecule has 1 aromatic carbocycles. The SMILES string of the molecule is C=C[C@]1(C)C[C@@H](OC(=O)CSC2CCCN(C(=O)C(N)C(C)C)C2)[C@]2(C)C(C)CCC3(CCC(=O)C32)[C@@H](C)C1O.C=C[C@]1(C)C[C@@H](OC(=O)CSc2cccc(NC(=O)[C@@H]3CCCCN3)c2)[C@]2(C)C(C)CCC3(CCC(=O)C32)[C@@H](C)C1O. The predicted molar refractivity (Wildman–Crippen MR) is 326 cm³/mol. The maximum atomic E-state index is 13.6. The van der Waals surface area contributed by atoms with Crippen LogP contribution in [-0.4, -0.2) is 123 Å². The summed E-state index contributed by atoms with van der Waals surface area (Å²) in [6.45, 7) is 31.2. The number of ketones is 2. The Morgan fingerprint density at radius 2 is 1.32 bits per heavy atom. The van der Waals surface area contributed by atoms with Gasteiger partial charge in [0.1, 0.15) is 23.8 Å². The Bertz CT molecular complexity index is 2560. The van der Waals surface area contributed by atoms with Crippen LogP contribution in [-0.2, 0) is 38.2 Å². The number of nitrogens with two attached hydrogens (primary N) is 1. The Balaban J connectivity index is 0.000000215. The molecule has 6 N–H and O–H groups in total. The lowest BCUT2D eigenvalue weighted by Gasteiger charge is -2.61. The highest BCUT2D eigenvalue weighted by atomic mass is 32.2. The number of Topliss-reactive ketones (excluding diaryl/α,β-unsaturated/α-hetero) is 2. The van der Waals surface area contributed by atoms with E-state index in [0.29, 0.717) is 44.5 Å². The van der Waals surface area contributed by atoms with Gasteiger partial charge in [-0.05, 0) is 142 Å². The third kappa shape index (κ3) is 12.0. The molecule has 10 unspecified atom stereocenters. The normalized spacial score (nSPS) is 41.2. The number of rotatable bonds is 14. The van der Waals surface area contributed by atoms with Gasteiger partial charge in [0.25, 0.3) is 0 Å². The molecule has 9 rings (SSSR count). The Morgan fingerprint density at radius 1 is 0.780 bits per heavy atom. The summed E-state index contributed by atoms with van der Waals surface area (Å²) in [7, 11) is 0. The van der Waals surface area contributed by atoms with Crippen molar-refractivity contribution in [2.45, 2.75) is 212 Å². The van der Waals surface area contributed by atoms with E-state index in [2.05, 4.69) is 65.3 Å². The van der Waals surface area contributed by atoms with Crippen molar-refractivity contribution in [3.8, 4) is 0 Å². The lowest BCUT2D eigenvalue weighted by atomic mass is 9.44. The smallest absolute Gasteiger partial charge is 0.316 e. The van der Waals surface area contributed by atoms with Crippen molar-refractivity contribution in [3.05, 3.63) is 49.6 Å². The minimum Gasteiger partial charge on any atom is -0.461 e. The summed E-state index contributed by atoms with van der Waals surface area (Å²) in [4.78, 5) is 82.3. The van der Waals surface area contributed by atoms with Gasteiger partial charge in [0.15, 0.2) is 0 Å². The number of hydrogen-bond donors (Lipinski definition) is 5. The molecule has 2 saturated heterocycles. The van der Waals surface area contributed by atoms with Gasteiger partial charge < -0.3 is 41.0 Å². The largest absolute Gasteiger partial charge is 0.461 e. The average molecular weight is 1170 g/mol. The number of carbonyl (C=O) groups is 6. The number of likely N-dealkylation sites (tertiary alicyclic amines) is 1. The third-order valence-corrected chi connectivity index (χ3v) is 25.6. The van der Waals surface area contributed by atoms with Crippen LogP contribution in [0.4, 0.5) is 5.69 Å². The van der Waals surface area contributed by atoms with E-state index >= 15 is 0 Å². The zero-order chi connectivity index (χ0) is 59.9. The fraction of sp³-hybridized carbons (Fsp3) is 0.758. The second-order valence-electron chi connectivity index (χ2n) is 28.1. The summed E-state index contributed by atoms with van der Waals surface area (Å²) in [5.74, 6) is 0.0448. The Kier molecular flexibility index (Phi) is 20.0. The number of carbonyl (C=O) groups excluding carboxylic acids is 6. The number of nitrogens with one attached hydrogen (secondary N) is 2. The van der Waals surface area contributed by atoms with Crippen LogP contribution in [0.5, 0.6) is 0 Å². The van der Waals surface area contributed by atoms with E-state index in [1.165, 1.54) is 11.8 Å². The van der Waals surface area contributed by atoms with Gasteiger partial charge >= 0.3 is 11.9 Å². The van der Waals surface area contributed by atoms with Crippen LogP contribution < -0.4 is 16.4 Å². The molecule has 456 valence electrons. The lowest BCUT2D eigenvalue weighted by Crippen LogP contribution is -2.63. The van der Waals surface area contributed by atoms with Crippen molar-refractivity contribution in [2.75, 3.05) is 36.5 Å². The Hall–Kier alpha value is -3.54. The molecule has 14 nitrogen and oxygen atoms in total. The fourth-order valence-corrected chi connectivity index (χ4v) is 19.3. The van der Waals surface area contributed by atoms with Gasteiger partial charge in [0.2, 0.25) is 11.8 Å². The zero-order valence-corrected chi connectivity index (χ0v) is 52.7. The number of nitrogens with zero attached hydrogens (tertiary/aromatic N) is 1. The highest BCUT2D eigenvalue weighted by Crippen LogP contribution is 2.70. The molecule has 6 aliphatic carbocycles. The molecular formula is C66H100N4O10S2. The van der Waals surface area contributed by atoms with E-state index in [4.69, 9.17) is 15.2 Å². The minimum absolute atomic E-state index is 0.0159. The molecule has 16 heteroatoms. The Morgan fingerprint density at radius 3 is 1.82 bits per heavy atom. The molecule has 0 spiro atoms. The molecule has 4 bridgehead atoms. The van der Waals surface area contributed by atoms with E-state index in [9.17, 15) is 39.0 Å². The van der Waals surface area contributed by atoms with Crippen LogP contribution in [0.25, 0.3) is 0 Å². The number of anilines is 1. The second kappa shape index (κ2) is 25.4. The molecule has 2 amide bonds. The summed E-state index contributed by atoms with van der Waals surface area (Å²) >= 11 is 2.92. The summed E-state index contributed by atoms with van der Waals surface area (Å²) < 4.78 is 12.8. The van der Waals surface area contributed by atoms with Gasteiger partial charge in [-0.2, -0.15) is 0 Å². The number of aliphatic hydroxyl groups excluding tert-OH is 2. The monoisotopic (exact) mass is 1170 g/mol. The van der Waals surface area contributed by atoms with Gasteiger partial charge in [-0.25, -0.2) is 0 Å². The first-order valence-corrected chi connectivity index (χ1v) is 33.2. The summed E-state index contributed by atoms with van der Waals surface area (Å²) in [5.41, 5.74) is 3.93. The molecule has 1 aromatic rings. The van der Waals surface area contributed by atoms with E-state index < -0.39 is 52.1 Å². The van der Waals surface area contributed by atoms with Gasteiger partial charge in [-0.15, -0.1) is 36.7 Å². The zero-order valence-electron chi connectivity index (χ0n) is 51.1. The van der Waals surface area contributed by atoms with Crippen LogP contribution in [0.2, 0.25) is 0 Å². The maximum absolute atomic E-state index is 13.6. The quantitative estimate of drug-likeness (QED) is 0.0666. The second-order valence-corrected chi connectivity index (χ2v) is 30.4. The van der Waals surface area contributed by atoms with E-state index in [1.807, 2.05) is 69.0 Å². The standard InChI is InChI=1S/C34H48N2O5S.C32H52N2O5S/c1-6-32(4)19-27(33(5)21(2)13-15-34(22(3)30(32)39)16-14-26(37)29(33)34)41-28(38)20-42-24-11-9-10-23(18-24)36-31(40)25-12-7-8-17-35-25;1-8-30(6)16-24(31(7)20(4)11-13-32(21(5)28(30)37)14-12-23(35)27(31)32)39-25(36)18-40-22-10-9-15-34(17-22)29(38)26(33)19(2)3/h6,9-11,18,21-22,25,27,29-30,35,39H,1,7-8,12-17,19-20H2,2-5H3,(H,36,40);8,19-22,24,26-28,37H,1,9-18,33H2,2-7H3/t21?,22-,25-,27+,29?,30?,32+,33-,34?;20?,21-,22?,24+,26?,27?,28?,30+,31-,32?/m00/s1. The lowest BCUT2D eigenvalue weighted by molar-refractivity contribution is -0.205. The average Bonchev–Trinajstić information content (AvgIpc) is 1.72. The van der Waals surface area contributed by atoms with E-state index in [-0.39, 0.29) is 110 Å². The number of thioether (sulfide) groups is 2. The van der Waals surface area contributed by atoms with Crippen molar-refractivity contribution in [1.82, 2.24) is 10.2 Å². The first-order valence-electron chi connectivity index (χ1n) is 31.2. The fourth-order valence-electron chi connectivity index (χ4n) is 17.5. The number of amides is 2. The van der Waals surface area contributed by atoms with Crippen molar-refractivity contribution < 1.29 is 48.5 Å². The predicted octanol–water partition coefficient (Wildman–Crippen LogP) is 10.4. The number of ether oxygens (including phenoxy) is 2. The van der Waals surface area contributed by atoms with E-state index in [1.54, 1.807) is 11.8 Å². The number of piperidine rings is 2. The Labute approximate surface area is 498 Å². The number of aliphatic hydroxyl groups is 2. The van der Waals surface area contributed by atoms with Gasteiger partial charge in [0.05, 0.1) is 35.8 Å². The molecule has 0 radical (unpaired) electrons. The van der Waals surface area contributed by atoms with Crippen molar-refractivity contribution in [3.63, 3.8) is 0 Å². The third-order valence-electron chi connectivity index (χ3n) is 23.4. The molecule has 82 heavy (non-hydrogen) atoms. The van der Waals surface area contributed by atoms with Crippen LogP contribution in [0, 0.1) is 73.9 Å². The van der Waals surface area contributed by atoms with Crippen molar-refractivity contribution in [2.24, 2.45) is 79.6 Å². The van der Waals surface area contributed by atoms with Crippen LogP contribution in [0.1, 0.15) is 166 Å². The molecule has 6 saturated carbocycles. The summed E-state index contributed by atoms with van der Waals surface area (Å²) in [6, 6.07) is 6.86. The van der Waals surface area contributed by atoms with Gasteiger partial charge in [0, 0.05) is 75.3 Å². The number of benzene rings is 1. The first kappa shape index (κ1) is 64.5. The summed E-state index contributed by atoms with van der Waals surface area (Å²) in [5, 5.41) is 29.8. The molecule has 0 aromatic heterocycles. The molecular weight excluding hydrogens is 1070 g/mol. The van der Waals surface area contributed by atoms with Gasteiger partial charge in [-0.1, -0.05) is 93.9 Å². The molecule has 2 aliphatic heterocycles. The molecule has 2 heterocycles. The molecule has 19 atom stereocenters. The topological polar surface area (TPSA) is 215 Å². The van der Waals surface area contributed by atoms with Crippen molar-refractivity contribution in [1.29, 1.82) is 0 Å². The molecule has 8 fully saturated rings. The van der Waals surface area contributed by atoms with Crippen LogP contribution in [0.3, 0.4) is 0 Å². The van der Waals surface area contributed by atoms with Crippen LogP contribution >= 0.6 is 23.5 Å². The van der Waals surface area contributed by atoms with Gasteiger partial charge in [-0.3, -0.25) is 28.8 Å². The van der Waals surface area contributed by atoms with E-state index in [0.717, 1.165) is 82.1 Å². The first-order chi connectivity index (χ1) is 38.6. The maximum Gasteiger partial charge on any atom is 0.316 e. The summed E-state index contributed by atoms with van der Waals surface area (Å²) in [6.07, 6.45) is 13.3. The van der Waals surface area contributed by atoms with Crippen LogP contribution in [0.15, 0.2) is 54.5 Å².